The van der Waals surface area contributed by atoms with Gasteiger partial charge in [0.15, 0.2) is 0 Å². The fraction of sp³-hybridized carbons (Fsp3) is 0.650. The minimum absolute atomic E-state index is 0.0512. The van der Waals surface area contributed by atoms with Gasteiger partial charge in [0.2, 0.25) is 0 Å². The van der Waals surface area contributed by atoms with E-state index >= 15 is 0 Å². The lowest BCUT2D eigenvalue weighted by Gasteiger charge is -2.26. The Kier molecular flexibility index (Phi) is 6.70. The van der Waals surface area contributed by atoms with Crippen LogP contribution in [0, 0.1) is 5.92 Å². The molecule has 2 fully saturated rings. The SMILES string of the molecule is C[C@@H]1CCC[C@H](OCc2cccc(NC(=O)N3CCCOCC3)c2)C1. The van der Waals surface area contributed by atoms with Crippen molar-refractivity contribution in [1.29, 1.82) is 0 Å². The largest absolute Gasteiger partial charge is 0.380 e. The predicted octanol–water partition coefficient (Wildman–Crippen LogP) is 4.04. The molecule has 1 aromatic rings. The summed E-state index contributed by atoms with van der Waals surface area (Å²) in [6.07, 6.45) is 6.18. The Morgan fingerprint density at radius 1 is 1.28 bits per heavy atom. The summed E-state index contributed by atoms with van der Waals surface area (Å²) in [5.41, 5.74) is 1.93. The summed E-state index contributed by atoms with van der Waals surface area (Å²) in [5.74, 6) is 0.766. The van der Waals surface area contributed by atoms with Crippen molar-refractivity contribution in [3.63, 3.8) is 0 Å². The number of anilines is 1. The third kappa shape index (κ3) is 5.72. The summed E-state index contributed by atoms with van der Waals surface area (Å²) >= 11 is 0. The van der Waals surface area contributed by atoms with Gasteiger partial charge in [-0.2, -0.15) is 0 Å². The molecular formula is C20H30N2O3. The number of urea groups is 1. The van der Waals surface area contributed by atoms with Crippen LogP contribution in [0.3, 0.4) is 0 Å². The molecule has 1 saturated heterocycles. The van der Waals surface area contributed by atoms with E-state index in [4.69, 9.17) is 9.47 Å². The van der Waals surface area contributed by atoms with Gasteiger partial charge in [0.1, 0.15) is 0 Å². The normalized spacial score (nSPS) is 24.6. The Bertz CT molecular complexity index is 556. The lowest BCUT2D eigenvalue weighted by atomic mass is 9.89. The van der Waals surface area contributed by atoms with Gasteiger partial charge in [0.05, 0.1) is 19.3 Å². The van der Waals surface area contributed by atoms with E-state index in [9.17, 15) is 4.79 Å². The molecule has 0 unspecified atom stereocenters. The van der Waals surface area contributed by atoms with Gasteiger partial charge in [-0.25, -0.2) is 4.79 Å². The van der Waals surface area contributed by atoms with Crippen LogP contribution in [-0.4, -0.2) is 43.3 Å². The molecule has 138 valence electrons. The molecule has 1 heterocycles. The van der Waals surface area contributed by atoms with Crippen LogP contribution in [0.15, 0.2) is 24.3 Å². The molecule has 0 aromatic heterocycles. The Balaban J connectivity index is 1.51. The highest BCUT2D eigenvalue weighted by Crippen LogP contribution is 2.26. The number of hydrogen-bond acceptors (Lipinski definition) is 3. The average Bonchev–Trinajstić information content (AvgIpc) is 2.90. The Labute approximate surface area is 150 Å². The Morgan fingerprint density at radius 3 is 3.08 bits per heavy atom. The first-order valence-corrected chi connectivity index (χ1v) is 9.55. The van der Waals surface area contributed by atoms with Gasteiger partial charge in [0, 0.05) is 25.4 Å². The Hall–Kier alpha value is -1.59. The van der Waals surface area contributed by atoms with Gasteiger partial charge in [-0.3, -0.25) is 0 Å². The zero-order valence-corrected chi connectivity index (χ0v) is 15.2. The van der Waals surface area contributed by atoms with Crippen molar-refractivity contribution in [3.05, 3.63) is 29.8 Å². The molecule has 1 aliphatic carbocycles. The molecule has 1 N–H and O–H groups in total. The van der Waals surface area contributed by atoms with E-state index < -0.39 is 0 Å². The second-order valence-electron chi connectivity index (χ2n) is 7.29. The molecule has 0 bridgehead atoms. The maximum Gasteiger partial charge on any atom is 0.321 e. The highest BCUT2D eigenvalue weighted by Gasteiger charge is 2.19. The smallest absolute Gasteiger partial charge is 0.321 e. The summed E-state index contributed by atoms with van der Waals surface area (Å²) in [6, 6.07) is 7.92. The van der Waals surface area contributed by atoms with Gasteiger partial charge in [0.25, 0.3) is 0 Å². The molecule has 5 nitrogen and oxygen atoms in total. The summed E-state index contributed by atoms with van der Waals surface area (Å²) in [4.78, 5) is 14.2. The number of carbonyl (C=O) groups is 1. The van der Waals surface area contributed by atoms with Crippen molar-refractivity contribution in [2.24, 2.45) is 5.92 Å². The number of benzene rings is 1. The zero-order valence-electron chi connectivity index (χ0n) is 15.2. The molecule has 2 aliphatic rings. The van der Waals surface area contributed by atoms with E-state index in [1.54, 1.807) is 0 Å². The van der Waals surface area contributed by atoms with E-state index in [1.165, 1.54) is 12.8 Å². The van der Waals surface area contributed by atoms with Crippen molar-refractivity contribution in [2.45, 2.75) is 51.7 Å². The van der Waals surface area contributed by atoms with E-state index in [1.807, 2.05) is 23.1 Å². The zero-order chi connectivity index (χ0) is 17.5. The quantitative estimate of drug-likeness (QED) is 0.895. The minimum atomic E-state index is -0.0512. The number of carbonyl (C=O) groups excluding carboxylic acids is 1. The van der Waals surface area contributed by atoms with Crippen LogP contribution in [0.4, 0.5) is 10.5 Å². The van der Waals surface area contributed by atoms with Crippen LogP contribution >= 0.6 is 0 Å². The van der Waals surface area contributed by atoms with Crippen LogP contribution in [0.2, 0.25) is 0 Å². The molecule has 2 amide bonds. The number of nitrogens with one attached hydrogen (secondary N) is 1. The molecule has 1 aliphatic heterocycles. The van der Waals surface area contributed by atoms with Crippen molar-refractivity contribution in [2.75, 3.05) is 31.6 Å². The third-order valence-electron chi connectivity index (χ3n) is 5.06. The number of hydrogen-bond donors (Lipinski definition) is 1. The minimum Gasteiger partial charge on any atom is -0.380 e. The lowest BCUT2D eigenvalue weighted by Crippen LogP contribution is -2.36. The number of amides is 2. The van der Waals surface area contributed by atoms with Crippen molar-refractivity contribution in [1.82, 2.24) is 4.90 Å². The summed E-state index contributed by atoms with van der Waals surface area (Å²) < 4.78 is 11.5. The lowest BCUT2D eigenvalue weighted by molar-refractivity contribution is 0.00468. The first kappa shape index (κ1) is 18.2. The monoisotopic (exact) mass is 346 g/mol. The fourth-order valence-corrected chi connectivity index (χ4v) is 3.63. The number of rotatable bonds is 4. The molecule has 0 radical (unpaired) electrons. The van der Waals surface area contributed by atoms with E-state index in [0.717, 1.165) is 49.6 Å². The van der Waals surface area contributed by atoms with Gasteiger partial charge < -0.3 is 19.7 Å². The highest BCUT2D eigenvalue weighted by atomic mass is 16.5. The third-order valence-corrected chi connectivity index (χ3v) is 5.06. The first-order chi connectivity index (χ1) is 12.2. The van der Waals surface area contributed by atoms with Crippen molar-refractivity contribution in [3.8, 4) is 0 Å². The number of nitrogens with zero attached hydrogens (tertiary/aromatic N) is 1. The molecule has 2 atom stereocenters. The van der Waals surface area contributed by atoms with Crippen LogP contribution in [-0.2, 0) is 16.1 Å². The van der Waals surface area contributed by atoms with Gasteiger partial charge in [-0.1, -0.05) is 31.9 Å². The summed E-state index contributed by atoms with van der Waals surface area (Å²) in [5, 5.41) is 3.00. The van der Waals surface area contributed by atoms with Gasteiger partial charge >= 0.3 is 6.03 Å². The second kappa shape index (κ2) is 9.20. The van der Waals surface area contributed by atoms with E-state index in [2.05, 4.69) is 18.3 Å². The van der Waals surface area contributed by atoms with E-state index in [-0.39, 0.29) is 6.03 Å². The number of ether oxygens (including phenoxy) is 2. The van der Waals surface area contributed by atoms with Crippen molar-refractivity contribution < 1.29 is 14.3 Å². The summed E-state index contributed by atoms with van der Waals surface area (Å²) in [6.45, 7) is 5.65. The van der Waals surface area contributed by atoms with Gasteiger partial charge in [-0.15, -0.1) is 0 Å². The molecular weight excluding hydrogens is 316 g/mol. The van der Waals surface area contributed by atoms with Crippen LogP contribution < -0.4 is 5.32 Å². The fourth-order valence-electron chi connectivity index (χ4n) is 3.63. The summed E-state index contributed by atoms with van der Waals surface area (Å²) in [7, 11) is 0. The maximum absolute atomic E-state index is 12.4. The molecule has 5 heteroatoms. The molecule has 1 saturated carbocycles. The van der Waals surface area contributed by atoms with Crippen LogP contribution in [0.25, 0.3) is 0 Å². The second-order valence-corrected chi connectivity index (χ2v) is 7.29. The van der Waals surface area contributed by atoms with Crippen LogP contribution in [0.1, 0.15) is 44.6 Å². The van der Waals surface area contributed by atoms with E-state index in [0.29, 0.717) is 25.9 Å². The van der Waals surface area contributed by atoms with Gasteiger partial charge in [-0.05, 0) is 42.9 Å². The molecule has 25 heavy (non-hydrogen) atoms. The topological polar surface area (TPSA) is 50.8 Å². The first-order valence-electron chi connectivity index (χ1n) is 9.55. The predicted molar refractivity (Wildman–Crippen MR) is 98.7 cm³/mol. The molecule has 3 rings (SSSR count). The molecule has 0 spiro atoms. The van der Waals surface area contributed by atoms with Crippen LogP contribution in [0.5, 0.6) is 0 Å². The maximum atomic E-state index is 12.4. The van der Waals surface area contributed by atoms with Crippen molar-refractivity contribution >= 4 is 11.7 Å². The average molecular weight is 346 g/mol. The highest BCUT2D eigenvalue weighted by molar-refractivity contribution is 5.89. The Morgan fingerprint density at radius 2 is 2.20 bits per heavy atom. The molecule has 1 aromatic carbocycles. The standard InChI is InChI=1S/C20H30N2O3/c1-16-5-2-8-19(13-16)25-15-17-6-3-7-18(14-17)21-20(23)22-9-4-11-24-12-10-22/h3,6-7,14,16,19H,2,4-5,8-13,15H2,1H3,(H,21,23)/t16-,19+/m1/s1.